The van der Waals surface area contributed by atoms with Crippen LogP contribution in [0.5, 0.6) is 0 Å². The first-order chi connectivity index (χ1) is 5.69. The molecule has 0 saturated carbocycles. The Labute approximate surface area is 74.2 Å². The largest absolute Gasteiger partial charge is 0.375 e. The van der Waals surface area contributed by atoms with Gasteiger partial charge >= 0.3 is 0 Å². The zero-order valence-corrected chi connectivity index (χ0v) is 8.17. The number of hydrogen-bond donors (Lipinski definition) is 0. The molecule has 2 heterocycles. The lowest BCUT2D eigenvalue weighted by Gasteiger charge is -2.36. The van der Waals surface area contributed by atoms with Crippen molar-refractivity contribution in [2.75, 3.05) is 6.61 Å². The molecular weight excluding hydrogens is 152 g/mol. The van der Waals surface area contributed by atoms with E-state index in [1.165, 1.54) is 0 Å². The van der Waals surface area contributed by atoms with Crippen molar-refractivity contribution in [3.8, 4) is 0 Å². The summed E-state index contributed by atoms with van der Waals surface area (Å²) in [5, 5.41) is 0. The molecule has 70 valence electrons. The van der Waals surface area contributed by atoms with E-state index in [0.29, 0.717) is 18.1 Å². The van der Waals surface area contributed by atoms with Crippen LogP contribution in [0, 0.1) is 5.92 Å². The van der Waals surface area contributed by atoms with Gasteiger partial charge in [0.2, 0.25) is 0 Å². The molecule has 0 radical (unpaired) electrons. The monoisotopic (exact) mass is 170 g/mol. The topological polar surface area (TPSA) is 18.5 Å². The molecule has 2 unspecified atom stereocenters. The van der Waals surface area contributed by atoms with Crippen LogP contribution in [-0.4, -0.2) is 24.4 Å². The molecule has 0 N–H and O–H groups in total. The Bertz CT molecular complexity index is 181. The Morgan fingerprint density at radius 2 is 2.17 bits per heavy atom. The average Bonchev–Trinajstić information content (AvgIpc) is 2.23. The fraction of sp³-hybridized carbons (Fsp3) is 1.00. The van der Waals surface area contributed by atoms with Crippen molar-refractivity contribution in [1.29, 1.82) is 0 Å². The van der Waals surface area contributed by atoms with Crippen molar-refractivity contribution in [3.63, 3.8) is 0 Å². The predicted molar refractivity (Wildman–Crippen MR) is 47.1 cm³/mol. The van der Waals surface area contributed by atoms with Crippen LogP contribution in [0.4, 0.5) is 0 Å². The van der Waals surface area contributed by atoms with Gasteiger partial charge in [-0.25, -0.2) is 0 Å². The summed E-state index contributed by atoms with van der Waals surface area (Å²) in [6.45, 7) is 7.49. The molecule has 0 amide bonds. The molecule has 2 heteroatoms. The summed E-state index contributed by atoms with van der Waals surface area (Å²) in [5.74, 6) is 0.575. The molecule has 2 aliphatic rings. The van der Waals surface area contributed by atoms with E-state index in [9.17, 15) is 0 Å². The molecule has 0 aromatic rings. The number of ether oxygens (including phenoxy) is 2. The maximum Gasteiger partial charge on any atom is 0.0887 e. The van der Waals surface area contributed by atoms with E-state index >= 15 is 0 Å². The van der Waals surface area contributed by atoms with Gasteiger partial charge < -0.3 is 9.47 Å². The molecule has 2 saturated heterocycles. The van der Waals surface area contributed by atoms with Gasteiger partial charge in [0.05, 0.1) is 17.8 Å². The van der Waals surface area contributed by atoms with Gasteiger partial charge in [0, 0.05) is 18.9 Å². The smallest absolute Gasteiger partial charge is 0.0887 e. The highest BCUT2D eigenvalue weighted by molar-refractivity contribution is 5.00. The van der Waals surface area contributed by atoms with E-state index in [1.807, 2.05) is 0 Å². The highest BCUT2D eigenvalue weighted by atomic mass is 16.6. The van der Waals surface area contributed by atoms with Crippen LogP contribution in [0.1, 0.15) is 33.6 Å². The fourth-order valence-corrected chi connectivity index (χ4v) is 2.77. The SMILES string of the molecule is CC[C@]12CCO[C@H](C(C)O1)C2C. The highest BCUT2D eigenvalue weighted by Gasteiger charge is 2.52. The van der Waals surface area contributed by atoms with Crippen LogP contribution in [0.3, 0.4) is 0 Å². The van der Waals surface area contributed by atoms with Crippen molar-refractivity contribution < 1.29 is 9.47 Å². The maximum atomic E-state index is 6.01. The van der Waals surface area contributed by atoms with Crippen LogP contribution >= 0.6 is 0 Å². The zero-order valence-electron chi connectivity index (χ0n) is 8.17. The molecule has 0 aromatic heterocycles. The first kappa shape index (κ1) is 8.52. The third kappa shape index (κ3) is 0.944. The first-order valence-corrected chi connectivity index (χ1v) is 4.99. The average molecular weight is 170 g/mol. The van der Waals surface area contributed by atoms with Crippen LogP contribution in [0.2, 0.25) is 0 Å². The Hall–Kier alpha value is -0.0800. The summed E-state index contributed by atoms with van der Waals surface area (Å²) in [5.41, 5.74) is 0.141. The highest BCUT2D eigenvalue weighted by Crippen LogP contribution is 2.45. The van der Waals surface area contributed by atoms with Crippen molar-refractivity contribution in [1.82, 2.24) is 0 Å². The molecule has 4 atom stereocenters. The zero-order chi connectivity index (χ0) is 8.77. The van der Waals surface area contributed by atoms with Crippen LogP contribution < -0.4 is 0 Å². The van der Waals surface area contributed by atoms with E-state index < -0.39 is 0 Å². The molecule has 2 nitrogen and oxygen atoms in total. The van der Waals surface area contributed by atoms with E-state index in [4.69, 9.17) is 9.47 Å². The quantitative estimate of drug-likeness (QED) is 0.599. The fourth-order valence-electron chi connectivity index (χ4n) is 2.77. The van der Waals surface area contributed by atoms with Crippen LogP contribution in [0.15, 0.2) is 0 Å². The third-order valence-electron chi connectivity index (χ3n) is 3.64. The minimum absolute atomic E-state index is 0.141. The molecule has 2 aliphatic heterocycles. The second kappa shape index (κ2) is 2.71. The number of rotatable bonds is 1. The summed E-state index contributed by atoms with van der Waals surface area (Å²) < 4.78 is 11.7. The first-order valence-electron chi connectivity index (χ1n) is 4.99. The number of fused-ring (bicyclic) bond motifs is 2. The van der Waals surface area contributed by atoms with Crippen molar-refractivity contribution in [3.05, 3.63) is 0 Å². The Morgan fingerprint density at radius 3 is 2.75 bits per heavy atom. The van der Waals surface area contributed by atoms with Gasteiger partial charge in [-0.1, -0.05) is 13.8 Å². The van der Waals surface area contributed by atoms with E-state index in [2.05, 4.69) is 20.8 Å². The maximum absolute atomic E-state index is 6.01. The normalized spacial score (nSPS) is 52.8. The van der Waals surface area contributed by atoms with E-state index in [-0.39, 0.29) is 5.60 Å². The summed E-state index contributed by atoms with van der Waals surface area (Å²) in [7, 11) is 0. The minimum atomic E-state index is 0.141. The molecule has 0 spiro atoms. The standard InChI is InChI=1S/C10H18O2/c1-4-10-5-6-11-9(7(10)2)8(3)12-10/h7-9H,4-6H2,1-3H3/t7?,8?,9-,10+/m0/s1. The molecular formula is C10H18O2. The van der Waals surface area contributed by atoms with Crippen molar-refractivity contribution >= 4 is 0 Å². The lowest BCUT2D eigenvalue weighted by Crippen LogP contribution is -2.42. The molecule has 0 aromatic carbocycles. The van der Waals surface area contributed by atoms with E-state index in [0.717, 1.165) is 19.4 Å². The van der Waals surface area contributed by atoms with Gasteiger partial charge in [-0.15, -0.1) is 0 Å². The van der Waals surface area contributed by atoms with Gasteiger partial charge in [-0.2, -0.15) is 0 Å². The summed E-state index contributed by atoms with van der Waals surface area (Å²) >= 11 is 0. The van der Waals surface area contributed by atoms with Gasteiger partial charge in [-0.3, -0.25) is 0 Å². The minimum Gasteiger partial charge on any atom is -0.375 e. The third-order valence-corrected chi connectivity index (χ3v) is 3.64. The van der Waals surface area contributed by atoms with Gasteiger partial charge in [0.25, 0.3) is 0 Å². The Kier molecular flexibility index (Phi) is 1.92. The second-order valence-electron chi connectivity index (χ2n) is 4.12. The van der Waals surface area contributed by atoms with Gasteiger partial charge in [-0.05, 0) is 13.3 Å². The number of hydrogen-bond acceptors (Lipinski definition) is 2. The van der Waals surface area contributed by atoms with Crippen molar-refractivity contribution in [2.24, 2.45) is 5.92 Å². The molecule has 12 heavy (non-hydrogen) atoms. The van der Waals surface area contributed by atoms with Crippen LogP contribution in [0.25, 0.3) is 0 Å². The Morgan fingerprint density at radius 1 is 1.42 bits per heavy atom. The van der Waals surface area contributed by atoms with Crippen LogP contribution in [-0.2, 0) is 9.47 Å². The lowest BCUT2D eigenvalue weighted by atomic mass is 9.80. The molecule has 2 rings (SSSR count). The van der Waals surface area contributed by atoms with Gasteiger partial charge in [0.15, 0.2) is 0 Å². The molecule has 2 fully saturated rings. The molecule has 0 aliphatic carbocycles. The second-order valence-corrected chi connectivity index (χ2v) is 4.12. The summed E-state index contributed by atoms with van der Waals surface area (Å²) in [6.07, 6.45) is 2.84. The summed E-state index contributed by atoms with van der Waals surface area (Å²) in [4.78, 5) is 0. The molecule has 2 bridgehead atoms. The predicted octanol–water partition coefficient (Wildman–Crippen LogP) is 1.98. The van der Waals surface area contributed by atoms with Gasteiger partial charge in [0.1, 0.15) is 0 Å². The Balaban J connectivity index is 2.24. The summed E-state index contributed by atoms with van der Waals surface area (Å²) in [6, 6.07) is 0. The lowest BCUT2D eigenvalue weighted by molar-refractivity contribution is -0.0718. The van der Waals surface area contributed by atoms with Crippen molar-refractivity contribution in [2.45, 2.75) is 51.4 Å². The van der Waals surface area contributed by atoms with E-state index in [1.54, 1.807) is 0 Å².